The number of nitro groups is 1. The minimum atomic E-state index is -1.08. The minimum absolute atomic E-state index is 0.136. The van der Waals surface area contributed by atoms with Crippen LogP contribution in [-0.2, 0) is 9.59 Å². The van der Waals surface area contributed by atoms with Gasteiger partial charge < -0.3 is 10.6 Å². The zero-order valence-corrected chi connectivity index (χ0v) is 17.4. The van der Waals surface area contributed by atoms with Crippen LogP contribution in [0.1, 0.15) is 21.5 Å². The SMILES string of the molecule is Cc1ccc(NC(=O)c2ccccc2NC(=O)C(=O)NN=Cc2cccc([N+](=O)[O-])c2)cc1. The maximum Gasteiger partial charge on any atom is 0.329 e. The Hall–Kier alpha value is -4.86. The van der Waals surface area contributed by atoms with Crippen LogP contribution in [-0.4, -0.2) is 28.9 Å². The number of para-hydroxylation sites is 1. The number of benzene rings is 3. The predicted molar refractivity (Wildman–Crippen MR) is 123 cm³/mol. The summed E-state index contributed by atoms with van der Waals surface area (Å²) < 4.78 is 0. The number of hydrogen-bond donors (Lipinski definition) is 3. The first-order valence-corrected chi connectivity index (χ1v) is 9.69. The number of rotatable bonds is 6. The van der Waals surface area contributed by atoms with Gasteiger partial charge >= 0.3 is 11.8 Å². The number of aryl methyl sites for hydroxylation is 1. The number of anilines is 2. The summed E-state index contributed by atoms with van der Waals surface area (Å²) in [5, 5.41) is 19.6. The zero-order valence-electron chi connectivity index (χ0n) is 17.4. The lowest BCUT2D eigenvalue weighted by molar-refractivity contribution is -0.384. The monoisotopic (exact) mass is 445 g/mol. The summed E-state index contributed by atoms with van der Waals surface area (Å²) in [4.78, 5) is 47.2. The van der Waals surface area contributed by atoms with Crippen LogP contribution in [0.15, 0.2) is 77.9 Å². The largest absolute Gasteiger partial charge is 0.329 e. The number of non-ortho nitro benzene ring substituents is 1. The number of hydrogen-bond acceptors (Lipinski definition) is 6. The Balaban J connectivity index is 1.63. The van der Waals surface area contributed by atoms with E-state index in [0.29, 0.717) is 11.3 Å². The Labute approximate surface area is 188 Å². The average molecular weight is 445 g/mol. The molecule has 3 amide bonds. The van der Waals surface area contributed by atoms with Gasteiger partial charge in [-0.2, -0.15) is 5.10 Å². The Morgan fingerprint density at radius 1 is 0.909 bits per heavy atom. The van der Waals surface area contributed by atoms with E-state index in [2.05, 4.69) is 15.7 Å². The van der Waals surface area contributed by atoms with Gasteiger partial charge in [0.05, 0.1) is 22.4 Å². The van der Waals surface area contributed by atoms with E-state index in [-0.39, 0.29) is 16.9 Å². The molecule has 0 fully saturated rings. The van der Waals surface area contributed by atoms with Crippen molar-refractivity contribution >= 4 is 41.0 Å². The van der Waals surface area contributed by atoms with Crippen molar-refractivity contribution in [3.8, 4) is 0 Å². The lowest BCUT2D eigenvalue weighted by atomic mass is 10.1. The molecule has 0 saturated carbocycles. The molecule has 10 nitrogen and oxygen atoms in total. The van der Waals surface area contributed by atoms with Crippen molar-refractivity contribution in [2.24, 2.45) is 5.10 Å². The molecule has 0 saturated heterocycles. The summed E-state index contributed by atoms with van der Waals surface area (Å²) in [6.45, 7) is 1.93. The van der Waals surface area contributed by atoms with Crippen molar-refractivity contribution < 1.29 is 19.3 Å². The smallest absolute Gasteiger partial charge is 0.322 e. The first kappa shape index (κ1) is 22.8. The molecule has 3 N–H and O–H groups in total. The lowest BCUT2D eigenvalue weighted by Crippen LogP contribution is -2.33. The highest BCUT2D eigenvalue weighted by Gasteiger charge is 2.17. The van der Waals surface area contributed by atoms with Crippen LogP contribution in [0.4, 0.5) is 17.1 Å². The molecule has 0 radical (unpaired) electrons. The Kier molecular flexibility index (Phi) is 7.22. The molecular weight excluding hydrogens is 426 g/mol. The van der Waals surface area contributed by atoms with Gasteiger partial charge in [0.25, 0.3) is 11.6 Å². The summed E-state index contributed by atoms with van der Waals surface area (Å²) in [6.07, 6.45) is 1.17. The van der Waals surface area contributed by atoms with Crippen molar-refractivity contribution in [1.82, 2.24) is 5.43 Å². The average Bonchev–Trinajstić information content (AvgIpc) is 2.81. The quantitative estimate of drug-likeness (QED) is 0.231. The second-order valence-corrected chi connectivity index (χ2v) is 6.87. The number of carbonyl (C=O) groups excluding carboxylic acids is 3. The fourth-order valence-electron chi connectivity index (χ4n) is 2.74. The molecule has 0 heterocycles. The highest BCUT2D eigenvalue weighted by molar-refractivity contribution is 6.40. The fourth-order valence-corrected chi connectivity index (χ4v) is 2.74. The third-order valence-corrected chi connectivity index (χ3v) is 4.40. The highest BCUT2D eigenvalue weighted by atomic mass is 16.6. The van der Waals surface area contributed by atoms with Crippen molar-refractivity contribution in [3.63, 3.8) is 0 Å². The molecule has 3 aromatic rings. The first-order valence-electron chi connectivity index (χ1n) is 9.69. The number of amides is 3. The van der Waals surface area contributed by atoms with Gasteiger partial charge in [-0.15, -0.1) is 0 Å². The second kappa shape index (κ2) is 10.4. The van der Waals surface area contributed by atoms with Crippen molar-refractivity contribution in [3.05, 3.63) is 99.6 Å². The maximum absolute atomic E-state index is 12.6. The van der Waals surface area contributed by atoms with E-state index < -0.39 is 22.6 Å². The summed E-state index contributed by atoms with van der Waals surface area (Å²) in [7, 11) is 0. The van der Waals surface area contributed by atoms with E-state index in [1.807, 2.05) is 24.5 Å². The van der Waals surface area contributed by atoms with Gasteiger partial charge in [0, 0.05) is 23.4 Å². The zero-order chi connectivity index (χ0) is 23.8. The van der Waals surface area contributed by atoms with Crippen LogP contribution in [0, 0.1) is 17.0 Å². The Bertz CT molecular complexity index is 1240. The molecule has 0 aliphatic carbocycles. The van der Waals surface area contributed by atoms with Crippen LogP contribution in [0.5, 0.6) is 0 Å². The summed E-state index contributed by atoms with van der Waals surface area (Å²) in [6, 6.07) is 19.0. The number of nitro benzene ring substituents is 1. The van der Waals surface area contributed by atoms with Crippen LogP contribution in [0.3, 0.4) is 0 Å². The molecule has 0 aromatic heterocycles. The van der Waals surface area contributed by atoms with E-state index in [0.717, 1.165) is 5.56 Å². The second-order valence-electron chi connectivity index (χ2n) is 6.87. The summed E-state index contributed by atoms with van der Waals surface area (Å²) in [5.74, 6) is -2.58. The molecule has 3 aromatic carbocycles. The number of hydrazone groups is 1. The topological polar surface area (TPSA) is 143 Å². The van der Waals surface area contributed by atoms with E-state index in [1.54, 1.807) is 30.3 Å². The molecule has 166 valence electrons. The van der Waals surface area contributed by atoms with Crippen molar-refractivity contribution in [1.29, 1.82) is 0 Å². The fraction of sp³-hybridized carbons (Fsp3) is 0.0435. The molecule has 0 bridgehead atoms. The normalized spacial score (nSPS) is 10.5. The van der Waals surface area contributed by atoms with Gasteiger partial charge in [-0.05, 0) is 31.2 Å². The van der Waals surface area contributed by atoms with Gasteiger partial charge in [0.2, 0.25) is 0 Å². The van der Waals surface area contributed by atoms with E-state index >= 15 is 0 Å². The van der Waals surface area contributed by atoms with Gasteiger partial charge in [0.1, 0.15) is 0 Å². The molecule has 0 spiro atoms. The standard InChI is InChI=1S/C23H19N5O5/c1-15-9-11-17(12-10-15)25-21(29)19-7-2-3-8-20(19)26-22(30)23(31)27-24-14-16-5-4-6-18(13-16)28(32)33/h2-14H,1H3,(H,25,29)(H,26,30)(H,27,31). The van der Waals surface area contributed by atoms with Gasteiger partial charge in [-0.1, -0.05) is 42.0 Å². The van der Waals surface area contributed by atoms with Crippen molar-refractivity contribution in [2.75, 3.05) is 10.6 Å². The lowest BCUT2D eigenvalue weighted by Gasteiger charge is -2.11. The van der Waals surface area contributed by atoms with Crippen LogP contribution in [0.25, 0.3) is 0 Å². The Morgan fingerprint density at radius 3 is 2.36 bits per heavy atom. The number of nitrogens with one attached hydrogen (secondary N) is 3. The van der Waals surface area contributed by atoms with Crippen LogP contribution >= 0.6 is 0 Å². The van der Waals surface area contributed by atoms with Crippen molar-refractivity contribution in [2.45, 2.75) is 6.92 Å². The van der Waals surface area contributed by atoms with E-state index in [1.165, 1.54) is 36.5 Å². The predicted octanol–water partition coefficient (Wildman–Crippen LogP) is 3.24. The van der Waals surface area contributed by atoms with E-state index in [9.17, 15) is 24.5 Å². The maximum atomic E-state index is 12.6. The molecule has 33 heavy (non-hydrogen) atoms. The van der Waals surface area contributed by atoms with Crippen LogP contribution in [0.2, 0.25) is 0 Å². The third-order valence-electron chi connectivity index (χ3n) is 4.40. The Morgan fingerprint density at radius 2 is 1.64 bits per heavy atom. The molecule has 0 aliphatic rings. The molecular formula is C23H19N5O5. The van der Waals surface area contributed by atoms with Gasteiger partial charge in [-0.3, -0.25) is 24.5 Å². The molecule has 0 unspecified atom stereocenters. The third kappa shape index (κ3) is 6.31. The summed E-state index contributed by atoms with van der Waals surface area (Å²) in [5.41, 5.74) is 4.20. The minimum Gasteiger partial charge on any atom is -0.322 e. The molecule has 0 atom stereocenters. The van der Waals surface area contributed by atoms with Gasteiger partial charge in [-0.25, -0.2) is 5.43 Å². The molecule has 0 aliphatic heterocycles. The molecule has 3 rings (SSSR count). The first-order chi connectivity index (χ1) is 15.8. The van der Waals surface area contributed by atoms with Crippen LogP contribution < -0.4 is 16.1 Å². The number of nitrogens with zero attached hydrogens (tertiary/aromatic N) is 2. The molecule has 10 heteroatoms. The van der Waals surface area contributed by atoms with E-state index in [4.69, 9.17) is 0 Å². The highest BCUT2D eigenvalue weighted by Crippen LogP contribution is 2.18. The summed E-state index contributed by atoms with van der Waals surface area (Å²) >= 11 is 0. The van der Waals surface area contributed by atoms with Gasteiger partial charge in [0.15, 0.2) is 0 Å². The number of carbonyl (C=O) groups is 3.